The SMILES string of the molecule is C=CN(C)/C=C\C(=C\c1c(C)sc2ccccc12)C(C)C. The fourth-order valence-electron chi connectivity index (χ4n) is 2.21. The summed E-state index contributed by atoms with van der Waals surface area (Å²) in [5.74, 6) is 0.484. The first-order valence-corrected chi connectivity index (χ1v) is 8.07. The van der Waals surface area contributed by atoms with Gasteiger partial charge >= 0.3 is 0 Å². The average Bonchev–Trinajstić information content (AvgIpc) is 2.78. The Balaban J connectivity index is 2.47. The molecule has 0 bridgehead atoms. The van der Waals surface area contributed by atoms with Crippen molar-refractivity contribution in [3.63, 3.8) is 0 Å². The summed E-state index contributed by atoms with van der Waals surface area (Å²) >= 11 is 1.87. The van der Waals surface area contributed by atoms with E-state index in [-0.39, 0.29) is 0 Å². The molecule has 0 atom stereocenters. The molecule has 1 nitrogen and oxygen atoms in total. The summed E-state index contributed by atoms with van der Waals surface area (Å²) in [4.78, 5) is 3.34. The van der Waals surface area contributed by atoms with E-state index in [1.165, 1.54) is 26.1 Å². The van der Waals surface area contributed by atoms with Gasteiger partial charge in [-0.1, -0.05) is 38.6 Å². The first kappa shape index (κ1) is 15.6. The third kappa shape index (κ3) is 3.64. The van der Waals surface area contributed by atoms with Crippen LogP contribution < -0.4 is 0 Å². The van der Waals surface area contributed by atoms with Crippen LogP contribution in [0.5, 0.6) is 0 Å². The second-order valence-corrected chi connectivity index (χ2v) is 6.79. The van der Waals surface area contributed by atoms with Crippen LogP contribution in [0.25, 0.3) is 16.2 Å². The highest BCUT2D eigenvalue weighted by Crippen LogP contribution is 2.33. The van der Waals surface area contributed by atoms with Gasteiger partial charge in [0.15, 0.2) is 0 Å². The second kappa shape index (κ2) is 6.77. The summed E-state index contributed by atoms with van der Waals surface area (Å²) in [6, 6.07) is 8.62. The normalized spacial score (nSPS) is 12.5. The highest BCUT2D eigenvalue weighted by Gasteiger charge is 2.08. The molecule has 1 aromatic carbocycles. The minimum Gasteiger partial charge on any atom is -0.358 e. The molecule has 110 valence electrons. The lowest BCUT2D eigenvalue weighted by atomic mass is 9.99. The Morgan fingerprint density at radius 1 is 1.29 bits per heavy atom. The number of hydrogen-bond donors (Lipinski definition) is 0. The van der Waals surface area contributed by atoms with Crippen molar-refractivity contribution < 1.29 is 0 Å². The predicted octanol–water partition coefficient (Wildman–Crippen LogP) is 5.84. The molecule has 2 rings (SSSR count). The molecule has 0 unspecified atom stereocenters. The van der Waals surface area contributed by atoms with Crippen molar-refractivity contribution in [2.45, 2.75) is 20.8 Å². The Kier molecular flexibility index (Phi) is 5.03. The van der Waals surface area contributed by atoms with Gasteiger partial charge in [-0.3, -0.25) is 0 Å². The molecule has 0 aliphatic heterocycles. The minimum absolute atomic E-state index is 0.484. The molecule has 0 saturated carbocycles. The average molecular weight is 297 g/mol. The van der Waals surface area contributed by atoms with Gasteiger partial charge in [-0.2, -0.15) is 0 Å². The maximum absolute atomic E-state index is 3.77. The topological polar surface area (TPSA) is 3.24 Å². The van der Waals surface area contributed by atoms with E-state index >= 15 is 0 Å². The standard InChI is InChI=1S/C19H23NS/c1-6-20(5)12-11-16(14(2)3)13-18-15(4)21-19-10-8-7-9-17(18)19/h6-14H,1H2,2-5H3/b12-11-,16-13-. The molecular weight excluding hydrogens is 274 g/mol. The van der Waals surface area contributed by atoms with Gasteiger partial charge in [0.1, 0.15) is 0 Å². The van der Waals surface area contributed by atoms with E-state index in [0.29, 0.717) is 5.92 Å². The number of benzene rings is 1. The van der Waals surface area contributed by atoms with E-state index in [1.54, 1.807) is 6.20 Å². The van der Waals surface area contributed by atoms with Crippen LogP contribution in [0.1, 0.15) is 24.3 Å². The lowest BCUT2D eigenvalue weighted by molar-refractivity contribution is 0.625. The van der Waals surface area contributed by atoms with Crippen molar-refractivity contribution in [1.82, 2.24) is 4.90 Å². The van der Waals surface area contributed by atoms with Gasteiger partial charge in [-0.15, -0.1) is 11.3 Å². The van der Waals surface area contributed by atoms with Crippen molar-refractivity contribution in [3.05, 3.63) is 65.3 Å². The first-order chi connectivity index (χ1) is 10.0. The lowest BCUT2D eigenvalue weighted by Crippen LogP contribution is -2.00. The van der Waals surface area contributed by atoms with Gasteiger partial charge in [-0.05, 0) is 53.8 Å². The van der Waals surface area contributed by atoms with Crippen molar-refractivity contribution in [1.29, 1.82) is 0 Å². The van der Waals surface area contributed by atoms with Gasteiger partial charge in [-0.25, -0.2) is 0 Å². The van der Waals surface area contributed by atoms with E-state index in [2.05, 4.69) is 70.0 Å². The number of rotatable bonds is 5. The van der Waals surface area contributed by atoms with E-state index < -0.39 is 0 Å². The molecular formula is C19H23NS. The van der Waals surface area contributed by atoms with Crippen molar-refractivity contribution >= 4 is 27.5 Å². The number of fused-ring (bicyclic) bond motifs is 1. The molecule has 0 saturated heterocycles. The van der Waals surface area contributed by atoms with Crippen LogP contribution in [0.3, 0.4) is 0 Å². The Morgan fingerprint density at radius 2 is 2.00 bits per heavy atom. The molecule has 0 spiro atoms. The summed E-state index contributed by atoms with van der Waals surface area (Å²) in [6.07, 6.45) is 8.37. The van der Waals surface area contributed by atoms with E-state index in [0.717, 1.165) is 0 Å². The van der Waals surface area contributed by atoms with Crippen LogP contribution in [0.2, 0.25) is 0 Å². The molecule has 2 aromatic rings. The highest BCUT2D eigenvalue weighted by molar-refractivity contribution is 7.19. The van der Waals surface area contributed by atoms with Gasteiger partial charge < -0.3 is 4.90 Å². The molecule has 0 radical (unpaired) electrons. The Bertz CT molecular complexity index is 689. The smallest absolute Gasteiger partial charge is 0.0351 e. The molecule has 1 heterocycles. The van der Waals surface area contributed by atoms with Crippen LogP contribution in [-0.2, 0) is 0 Å². The fourth-order valence-corrected chi connectivity index (χ4v) is 3.25. The molecule has 0 aliphatic rings. The van der Waals surface area contributed by atoms with E-state index in [9.17, 15) is 0 Å². The zero-order chi connectivity index (χ0) is 15.4. The minimum atomic E-state index is 0.484. The van der Waals surface area contributed by atoms with E-state index in [1.807, 2.05) is 23.3 Å². The van der Waals surface area contributed by atoms with Crippen LogP contribution in [0.4, 0.5) is 0 Å². The quantitative estimate of drug-likeness (QED) is 0.627. The highest BCUT2D eigenvalue weighted by atomic mass is 32.1. The van der Waals surface area contributed by atoms with Gasteiger partial charge in [0.25, 0.3) is 0 Å². The number of nitrogens with zero attached hydrogens (tertiary/aromatic N) is 1. The molecule has 0 N–H and O–H groups in total. The summed E-state index contributed by atoms with van der Waals surface area (Å²) in [7, 11) is 1.99. The summed E-state index contributed by atoms with van der Waals surface area (Å²) < 4.78 is 1.36. The fraction of sp³-hybridized carbons (Fsp3) is 0.263. The second-order valence-electron chi connectivity index (χ2n) is 5.53. The van der Waals surface area contributed by atoms with Gasteiger partial charge in [0.2, 0.25) is 0 Å². The molecule has 0 fully saturated rings. The zero-order valence-electron chi connectivity index (χ0n) is 13.3. The van der Waals surface area contributed by atoms with Crippen molar-refractivity contribution in [3.8, 4) is 0 Å². The molecule has 2 heteroatoms. The van der Waals surface area contributed by atoms with Gasteiger partial charge in [0, 0.05) is 22.8 Å². The van der Waals surface area contributed by atoms with Crippen LogP contribution in [0.15, 0.2) is 54.9 Å². The zero-order valence-corrected chi connectivity index (χ0v) is 14.1. The number of aryl methyl sites for hydroxylation is 1. The summed E-state index contributed by atoms with van der Waals surface area (Å²) in [5.41, 5.74) is 2.68. The van der Waals surface area contributed by atoms with Crippen molar-refractivity contribution in [2.24, 2.45) is 5.92 Å². The third-order valence-electron chi connectivity index (χ3n) is 3.59. The Labute approximate surface area is 131 Å². The first-order valence-electron chi connectivity index (χ1n) is 7.25. The largest absolute Gasteiger partial charge is 0.358 e. The molecule has 1 aromatic heterocycles. The van der Waals surface area contributed by atoms with Crippen LogP contribution in [0, 0.1) is 12.8 Å². The maximum Gasteiger partial charge on any atom is 0.0351 e. The van der Waals surface area contributed by atoms with Crippen LogP contribution >= 0.6 is 11.3 Å². The molecule has 0 aliphatic carbocycles. The number of allylic oxidation sites excluding steroid dienone is 2. The van der Waals surface area contributed by atoms with Crippen LogP contribution in [-0.4, -0.2) is 11.9 Å². The maximum atomic E-state index is 3.77. The van der Waals surface area contributed by atoms with E-state index in [4.69, 9.17) is 0 Å². The predicted molar refractivity (Wildman–Crippen MR) is 96.5 cm³/mol. The summed E-state index contributed by atoms with van der Waals surface area (Å²) in [5, 5.41) is 1.35. The number of thiophene rings is 1. The third-order valence-corrected chi connectivity index (χ3v) is 4.69. The lowest BCUT2D eigenvalue weighted by Gasteiger charge is -2.10. The number of hydrogen-bond acceptors (Lipinski definition) is 2. The molecule has 21 heavy (non-hydrogen) atoms. The molecule has 0 amide bonds. The summed E-state index contributed by atoms with van der Waals surface area (Å²) in [6.45, 7) is 10.4. The Hall–Kier alpha value is -1.80. The van der Waals surface area contributed by atoms with Crippen molar-refractivity contribution in [2.75, 3.05) is 7.05 Å². The monoisotopic (exact) mass is 297 g/mol. The van der Waals surface area contributed by atoms with Gasteiger partial charge in [0.05, 0.1) is 0 Å². The Morgan fingerprint density at radius 3 is 2.67 bits per heavy atom.